The first kappa shape index (κ1) is 22.7. The van der Waals surface area contributed by atoms with Crippen LogP contribution >= 0.6 is 24.8 Å². The Hall–Kier alpha value is -1.57. The average Bonchev–Trinajstić information content (AvgIpc) is 3.16. The highest BCUT2D eigenvalue weighted by Gasteiger charge is 2.49. The van der Waals surface area contributed by atoms with Crippen molar-refractivity contribution in [1.29, 1.82) is 0 Å². The molecular formula is C19H29Cl2N5O2. The van der Waals surface area contributed by atoms with Crippen LogP contribution in [-0.2, 0) is 18.4 Å². The van der Waals surface area contributed by atoms with Crippen LogP contribution in [0.2, 0.25) is 0 Å². The summed E-state index contributed by atoms with van der Waals surface area (Å²) >= 11 is 0. The number of rotatable bonds is 3. The van der Waals surface area contributed by atoms with Crippen LogP contribution in [0.25, 0.3) is 11.0 Å². The maximum Gasteiger partial charge on any atom is 0.273 e. The average molecular weight is 430 g/mol. The second-order valence-electron chi connectivity index (χ2n) is 7.91. The number of aromatic amines is 1. The van der Waals surface area contributed by atoms with Gasteiger partial charge in [0.05, 0.1) is 10.8 Å². The molecule has 2 aromatic heterocycles. The zero-order valence-electron chi connectivity index (χ0n) is 16.6. The van der Waals surface area contributed by atoms with Crippen molar-refractivity contribution in [2.24, 2.45) is 18.4 Å². The maximum atomic E-state index is 13.1. The van der Waals surface area contributed by atoms with E-state index in [9.17, 15) is 9.59 Å². The zero-order valence-corrected chi connectivity index (χ0v) is 18.2. The predicted octanol–water partition coefficient (Wildman–Crippen LogP) is 2.12. The van der Waals surface area contributed by atoms with Crippen LogP contribution in [0.3, 0.4) is 0 Å². The van der Waals surface area contributed by atoms with E-state index in [2.05, 4.69) is 20.7 Å². The summed E-state index contributed by atoms with van der Waals surface area (Å²) in [7, 11) is 1.78. The Kier molecular flexibility index (Phi) is 6.84. The minimum Gasteiger partial charge on any atom is -0.351 e. The van der Waals surface area contributed by atoms with Crippen molar-refractivity contribution >= 4 is 41.8 Å². The molecule has 1 saturated carbocycles. The van der Waals surface area contributed by atoms with Crippen molar-refractivity contribution in [3.05, 3.63) is 27.2 Å². The molecule has 4 rings (SSSR count). The first-order valence-electron chi connectivity index (χ1n) is 9.48. The quantitative estimate of drug-likeness (QED) is 0.696. The Balaban J connectivity index is 0.00000140. The number of carbonyl (C=O) groups is 1. The number of hydrogen-bond donors (Lipinski definition) is 3. The van der Waals surface area contributed by atoms with Crippen molar-refractivity contribution in [1.82, 2.24) is 25.4 Å². The van der Waals surface area contributed by atoms with Gasteiger partial charge >= 0.3 is 0 Å². The number of amides is 1. The van der Waals surface area contributed by atoms with E-state index in [-0.39, 0.29) is 41.7 Å². The molecule has 9 heteroatoms. The second-order valence-corrected chi connectivity index (χ2v) is 7.91. The normalized spacial score (nSPS) is 23.6. The van der Waals surface area contributed by atoms with Crippen LogP contribution in [0.15, 0.2) is 4.79 Å². The summed E-state index contributed by atoms with van der Waals surface area (Å²) in [5.41, 5.74) is 2.96. The van der Waals surface area contributed by atoms with E-state index >= 15 is 0 Å². The summed E-state index contributed by atoms with van der Waals surface area (Å²) in [6.45, 7) is 6.01. The van der Waals surface area contributed by atoms with E-state index in [1.807, 2.05) is 13.8 Å². The molecule has 1 aliphatic carbocycles. The van der Waals surface area contributed by atoms with Gasteiger partial charge in [-0.15, -0.1) is 24.8 Å². The van der Waals surface area contributed by atoms with Gasteiger partial charge in [-0.05, 0) is 50.3 Å². The van der Waals surface area contributed by atoms with Gasteiger partial charge in [-0.1, -0.05) is 12.8 Å². The number of carbonyl (C=O) groups excluding carboxylic acids is 1. The van der Waals surface area contributed by atoms with E-state index in [1.165, 1.54) is 6.42 Å². The van der Waals surface area contributed by atoms with Crippen LogP contribution in [-0.4, -0.2) is 33.8 Å². The number of aromatic nitrogens is 3. The molecule has 2 aliphatic rings. The molecule has 28 heavy (non-hydrogen) atoms. The lowest BCUT2D eigenvalue weighted by Gasteiger charge is -2.37. The van der Waals surface area contributed by atoms with Crippen LogP contribution in [0.1, 0.15) is 42.5 Å². The minimum atomic E-state index is -0.262. The van der Waals surface area contributed by atoms with Gasteiger partial charge in [0.15, 0.2) is 5.65 Å². The number of pyridine rings is 1. The lowest BCUT2D eigenvalue weighted by molar-refractivity contribution is -0.134. The zero-order chi connectivity index (χ0) is 18.5. The lowest BCUT2D eigenvalue weighted by atomic mass is 9.67. The van der Waals surface area contributed by atoms with Gasteiger partial charge in [0.25, 0.3) is 5.56 Å². The van der Waals surface area contributed by atoms with E-state index in [0.717, 1.165) is 49.2 Å². The molecule has 0 unspecified atom stereocenters. The number of hydrogen-bond acceptors (Lipinski definition) is 4. The molecule has 156 valence electrons. The molecule has 1 saturated heterocycles. The molecule has 0 aromatic carbocycles. The van der Waals surface area contributed by atoms with E-state index in [0.29, 0.717) is 23.5 Å². The van der Waals surface area contributed by atoms with Gasteiger partial charge in [0.1, 0.15) is 0 Å². The molecule has 0 spiro atoms. The van der Waals surface area contributed by atoms with Crippen molar-refractivity contribution in [2.75, 3.05) is 13.1 Å². The summed E-state index contributed by atoms with van der Waals surface area (Å²) in [5.74, 6) is 0.587. The summed E-state index contributed by atoms with van der Waals surface area (Å²) in [4.78, 5) is 29.9. The van der Waals surface area contributed by atoms with Crippen molar-refractivity contribution in [3.8, 4) is 0 Å². The fraction of sp³-hybridized carbons (Fsp3) is 0.632. The van der Waals surface area contributed by atoms with Gasteiger partial charge in [-0.25, -0.2) is 4.98 Å². The first-order chi connectivity index (χ1) is 12.4. The Morgan fingerprint density at radius 3 is 2.82 bits per heavy atom. The van der Waals surface area contributed by atoms with Crippen molar-refractivity contribution in [3.63, 3.8) is 0 Å². The second kappa shape index (κ2) is 8.43. The third-order valence-electron chi connectivity index (χ3n) is 6.49. The highest BCUT2D eigenvalue weighted by molar-refractivity contribution is 5.86. The summed E-state index contributed by atoms with van der Waals surface area (Å²) in [6, 6.07) is 0. The number of nitrogens with one attached hydrogen (secondary N) is 3. The standard InChI is InChI=1S/C19H27N5O2.2ClH/c1-11-14(12(2)22-16-15(11)17(25)23-24(16)3)9-21-18(26)19-7-5-4-6-13(19)8-20-10-19;;/h13,20H,4-10H2,1-3H3,(H,21,26)(H,23,25);2*1H/t13-,19+;;/m0../s1. The van der Waals surface area contributed by atoms with E-state index in [1.54, 1.807) is 11.7 Å². The van der Waals surface area contributed by atoms with Crippen molar-refractivity contribution in [2.45, 2.75) is 46.1 Å². The van der Waals surface area contributed by atoms with Gasteiger partial charge < -0.3 is 10.6 Å². The van der Waals surface area contributed by atoms with Gasteiger partial charge in [-0.2, -0.15) is 0 Å². The molecule has 2 atom stereocenters. The van der Waals surface area contributed by atoms with Crippen LogP contribution < -0.4 is 16.2 Å². The molecule has 2 fully saturated rings. The number of aryl methyl sites for hydroxylation is 3. The lowest BCUT2D eigenvalue weighted by Crippen LogP contribution is -2.47. The largest absolute Gasteiger partial charge is 0.351 e. The monoisotopic (exact) mass is 429 g/mol. The molecule has 3 heterocycles. The van der Waals surface area contributed by atoms with Crippen LogP contribution in [0.4, 0.5) is 0 Å². The first-order valence-corrected chi connectivity index (χ1v) is 9.48. The molecule has 7 nitrogen and oxygen atoms in total. The smallest absolute Gasteiger partial charge is 0.273 e. The predicted molar refractivity (Wildman–Crippen MR) is 114 cm³/mol. The summed E-state index contributed by atoms with van der Waals surface area (Å²) < 4.78 is 1.65. The Labute approximate surface area is 176 Å². The molecule has 0 bridgehead atoms. The molecule has 2 aromatic rings. The number of halogens is 2. The third-order valence-corrected chi connectivity index (χ3v) is 6.49. The van der Waals surface area contributed by atoms with Crippen LogP contribution in [0, 0.1) is 25.2 Å². The third kappa shape index (κ3) is 3.44. The summed E-state index contributed by atoms with van der Waals surface area (Å²) in [5, 5.41) is 9.95. The fourth-order valence-corrected chi connectivity index (χ4v) is 4.94. The Morgan fingerprint density at radius 2 is 2.07 bits per heavy atom. The maximum absolute atomic E-state index is 13.1. The fourth-order valence-electron chi connectivity index (χ4n) is 4.94. The topological polar surface area (TPSA) is 91.8 Å². The number of H-pyrrole nitrogens is 1. The van der Waals surface area contributed by atoms with Crippen molar-refractivity contribution < 1.29 is 4.79 Å². The Morgan fingerprint density at radius 1 is 1.32 bits per heavy atom. The highest BCUT2D eigenvalue weighted by atomic mass is 35.5. The SMILES string of the molecule is Cc1nc2c(c(C)c1CNC(=O)[C@@]13CCCC[C@H]1CNC3)c(=O)[nH]n2C.Cl.Cl. The van der Waals surface area contributed by atoms with Gasteiger partial charge in [0, 0.05) is 25.8 Å². The summed E-state index contributed by atoms with van der Waals surface area (Å²) in [6.07, 6.45) is 4.43. The number of fused-ring (bicyclic) bond motifs is 2. The molecule has 1 aliphatic heterocycles. The number of nitrogens with zero attached hydrogens (tertiary/aromatic N) is 2. The van der Waals surface area contributed by atoms with Gasteiger partial charge in [-0.3, -0.25) is 19.4 Å². The van der Waals surface area contributed by atoms with E-state index < -0.39 is 0 Å². The van der Waals surface area contributed by atoms with E-state index in [4.69, 9.17) is 0 Å². The molecular weight excluding hydrogens is 401 g/mol. The van der Waals surface area contributed by atoms with Crippen LogP contribution in [0.5, 0.6) is 0 Å². The molecule has 1 amide bonds. The van der Waals surface area contributed by atoms with Gasteiger partial charge in [0.2, 0.25) is 5.91 Å². The molecule has 0 radical (unpaired) electrons. The highest BCUT2D eigenvalue weighted by Crippen LogP contribution is 2.44. The minimum absolute atomic E-state index is 0. The Bertz CT molecular complexity index is 939. The molecule has 3 N–H and O–H groups in total.